The molecular formula is C23H23N5O3S. The van der Waals surface area contributed by atoms with E-state index in [4.69, 9.17) is 19.4 Å². The van der Waals surface area contributed by atoms with Gasteiger partial charge >= 0.3 is 0 Å². The minimum absolute atomic E-state index is 0.00326. The molecule has 1 aliphatic heterocycles. The van der Waals surface area contributed by atoms with E-state index in [0.29, 0.717) is 19.0 Å². The minimum Gasteiger partial charge on any atom is -0.454 e. The van der Waals surface area contributed by atoms with E-state index in [0.717, 1.165) is 54.9 Å². The van der Waals surface area contributed by atoms with E-state index < -0.39 is 0 Å². The Kier molecular flexibility index (Phi) is 5.50. The van der Waals surface area contributed by atoms with Crippen LogP contribution < -0.4 is 20.1 Å². The summed E-state index contributed by atoms with van der Waals surface area (Å²) in [6.45, 7) is 5.21. The molecule has 1 aromatic carbocycles. The lowest BCUT2D eigenvalue weighted by Crippen LogP contribution is -2.11. The molecule has 1 aliphatic rings. The molecule has 4 heterocycles. The molecule has 0 fully saturated rings. The molecule has 8 nitrogen and oxygen atoms in total. The number of pyridine rings is 1. The average Bonchev–Trinajstić information content (AvgIpc) is 3.39. The normalized spacial score (nSPS) is 12.3. The summed E-state index contributed by atoms with van der Waals surface area (Å²) in [5.74, 6) is 2.68. The summed E-state index contributed by atoms with van der Waals surface area (Å²) in [6.07, 6.45) is 0. The number of rotatable bonds is 7. The van der Waals surface area contributed by atoms with E-state index in [-0.39, 0.29) is 13.4 Å². The number of aromatic nitrogens is 3. The van der Waals surface area contributed by atoms with E-state index >= 15 is 0 Å². The van der Waals surface area contributed by atoms with Crippen molar-refractivity contribution in [3.8, 4) is 22.6 Å². The second-order valence-electron chi connectivity index (χ2n) is 7.45. The molecule has 0 amide bonds. The number of hydrogen-bond acceptors (Lipinski definition) is 9. The van der Waals surface area contributed by atoms with E-state index in [1.807, 2.05) is 43.3 Å². The van der Waals surface area contributed by atoms with Crippen molar-refractivity contribution >= 4 is 33.3 Å². The zero-order valence-electron chi connectivity index (χ0n) is 17.8. The van der Waals surface area contributed by atoms with Gasteiger partial charge in [-0.1, -0.05) is 12.1 Å². The van der Waals surface area contributed by atoms with Crippen LogP contribution in [0.4, 0.5) is 11.8 Å². The van der Waals surface area contributed by atoms with Gasteiger partial charge in [0, 0.05) is 22.7 Å². The Labute approximate surface area is 189 Å². The zero-order valence-corrected chi connectivity index (χ0v) is 18.6. The number of ether oxygens (including phenoxy) is 2. The van der Waals surface area contributed by atoms with Crippen LogP contribution in [0.3, 0.4) is 0 Å². The van der Waals surface area contributed by atoms with Crippen molar-refractivity contribution in [1.82, 2.24) is 15.0 Å². The van der Waals surface area contributed by atoms with Crippen LogP contribution in [-0.4, -0.2) is 40.0 Å². The van der Waals surface area contributed by atoms with E-state index in [1.54, 1.807) is 11.3 Å². The Morgan fingerprint density at radius 3 is 2.75 bits per heavy atom. The molecule has 0 saturated carbocycles. The molecule has 4 aromatic rings. The topological polar surface area (TPSA) is 101 Å². The van der Waals surface area contributed by atoms with Crippen molar-refractivity contribution in [2.45, 2.75) is 20.4 Å². The van der Waals surface area contributed by atoms with Gasteiger partial charge in [0.25, 0.3) is 0 Å². The van der Waals surface area contributed by atoms with Crippen LogP contribution in [0.1, 0.15) is 16.3 Å². The molecule has 32 heavy (non-hydrogen) atoms. The van der Waals surface area contributed by atoms with Crippen LogP contribution in [-0.2, 0) is 6.54 Å². The van der Waals surface area contributed by atoms with Gasteiger partial charge in [0.2, 0.25) is 12.7 Å². The molecular weight excluding hydrogens is 426 g/mol. The fourth-order valence-corrected chi connectivity index (χ4v) is 4.80. The zero-order chi connectivity index (χ0) is 22.1. The van der Waals surface area contributed by atoms with Gasteiger partial charge in [-0.2, -0.15) is 4.98 Å². The molecule has 3 aromatic heterocycles. The monoisotopic (exact) mass is 449 g/mol. The highest BCUT2D eigenvalue weighted by molar-refractivity contribution is 7.19. The Morgan fingerprint density at radius 1 is 1.03 bits per heavy atom. The predicted molar refractivity (Wildman–Crippen MR) is 126 cm³/mol. The smallest absolute Gasteiger partial charge is 0.231 e. The lowest BCUT2D eigenvalue weighted by Gasteiger charge is -2.12. The van der Waals surface area contributed by atoms with E-state index in [9.17, 15) is 5.11 Å². The van der Waals surface area contributed by atoms with Gasteiger partial charge < -0.3 is 25.2 Å². The maximum Gasteiger partial charge on any atom is 0.231 e. The lowest BCUT2D eigenvalue weighted by atomic mass is 10.0. The van der Waals surface area contributed by atoms with Crippen molar-refractivity contribution in [2.24, 2.45) is 0 Å². The van der Waals surface area contributed by atoms with E-state index in [2.05, 4.69) is 22.5 Å². The van der Waals surface area contributed by atoms with Crippen LogP contribution in [0.15, 0.2) is 36.4 Å². The summed E-state index contributed by atoms with van der Waals surface area (Å²) < 4.78 is 11.1. The van der Waals surface area contributed by atoms with Gasteiger partial charge in [0.05, 0.1) is 24.2 Å². The summed E-state index contributed by atoms with van der Waals surface area (Å²) in [6, 6.07) is 11.9. The minimum atomic E-state index is 0.00326. The number of fused-ring (bicyclic) bond motifs is 2. The molecule has 0 spiro atoms. The first-order chi connectivity index (χ1) is 15.6. The SMILES string of the molecule is Cc1cccc(CNc2nc(NCCO)nc3sc(C)c(-c4ccc5c(c4)OCO5)c23)n1. The van der Waals surface area contributed by atoms with Gasteiger partial charge in [-0.05, 0) is 43.7 Å². The Balaban J connectivity index is 1.60. The first-order valence-corrected chi connectivity index (χ1v) is 11.2. The standard InChI is InChI=1S/C23H23N5O3S/c1-13-4-3-5-16(26-13)11-25-21-20-19(15-6-7-17-18(10-15)31-12-30-17)14(2)32-22(20)28-23(27-21)24-8-9-29/h3-7,10,29H,8-9,11-12H2,1-2H3,(H2,24,25,27,28). The first-order valence-electron chi connectivity index (χ1n) is 10.3. The van der Waals surface area contributed by atoms with E-state index in [1.165, 1.54) is 0 Å². The van der Waals surface area contributed by atoms with Gasteiger partial charge in [-0.15, -0.1) is 11.3 Å². The highest BCUT2D eigenvalue weighted by Crippen LogP contribution is 2.44. The summed E-state index contributed by atoms with van der Waals surface area (Å²) in [5.41, 5.74) is 3.99. The highest BCUT2D eigenvalue weighted by Gasteiger charge is 2.21. The number of thiophene rings is 1. The molecule has 0 unspecified atom stereocenters. The average molecular weight is 450 g/mol. The largest absolute Gasteiger partial charge is 0.454 e. The van der Waals surface area contributed by atoms with Crippen molar-refractivity contribution < 1.29 is 14.6 Å². The Bertz CT molecular complexity index is 1290. The molecule has 3 N–H and O–H groups in total. The van der Waals surface area contributed by atoms with Crippen molar-refractivity contribution in [3.63, 3.8) is 0 Å². The summed E-state index contributed by atoms with van der Waals surface area (Å²) >= 11 is 1.61. The third kappa shape index (κ3) is 3.92. The maximum absolute atomic E-state index is 9.20. The number of aliphatic hydroxyl groups excluding tert-OH is 1. The fourth-order valence-electron chi connectivity index (χ4n) is 3.76. The summed E-state index contributed by atoms with van der Waals surface area (Å²) in [7, 11) is 0. The Morgan fingerprint density at radius 2 is 1.91 bits per heavy atom. The number of nitrogens with one attached hydrogen (secondary N) is 2. The lowest BCUT2D eigenvalue weighted by molar-refractivity contribution is 0.174. The van der Waals surface area contributed by atoms with Gasteiger partial charge in [0.1, 0.15) is 10.6 Å². The van der Waals surface area contributed by atoms with Gasteiger partial charge in [-0.3, -0.25) is 4.98 Å². The Hall–Kier alpha value is -3.43. The number of aryl methyl sites for hydroxylation is 2. The number of benzene rings is 1. The van der Waals surface area contributed by atoms with Crippen LogP contribution in [0, 0.1) is 13.8 Å². The number of nitrogens with zero attached hydrogens (tertiary/aromatic N) is 3. The number of hydrogen-bond donors (Lipinski definition) is 3. The molecule has 164 valence electrons. The predicted octanol–water partition coefficient (Wildman–Crippen LogP) is 4.12. The van der Waals surface area contributed by atoms with Gasteiger partial charge in [-0.25, -0.2) is 4.98 Å². The quantitative estimate of drug-likeness (QED) is 0.387. The summed E-state index contributed by atoms with van der Waals surface area (Å²) in [4.78, 5) is 16.0. The molecule has 9 heteroatoms. The highest BCUT2D eigenvalue weighted by atomic mass is 32.1. The fraction of sp³-hybridized carbons (Fsp3) is 0.261. The molecule has 5 rings (SSSR count). The van der Waals surface area contributed by atoms with Crippen molar-refractivity contribution in [1.29, 1.82) is 0 Å². The molecule has 0 atom stereocenters. The summed E-state index contributed by atoms with van der Waals surface area (Å²) in [5, 5.41) is 16.7. The maximum atomic E-state index is 9.20. The third-order valence-electron chi connectivity index (χ3n) is 5.17. The number of anilines is 2. The molecule has 0 saturated heterocycles. The first kappa shape index (κ1) is 20.5. The molecule has 0 radical (unpaired) electrons. The van der Waals surface area contributed by atoms with Crippen LogP contribution in [0.25, 0.3) is 21.3 Å². The molecule has 0 aliphatic carbocycles. The van der Waals surface area contributed by atoms with Crippen LogP contribution in [0.2, 0.25) is 0 Å². The third-order valence-corrected chi connectivity index (χ3v) is 6.17. The molecule has 0 bridgehead atoms. The van der Waals surface area contributed by atoms with Crippen molar-refractivity contribution in [2.75, 3.05) is 30.6 Å². The second kappa shape index (κ2) is 8.60. The number of aliphatic hydroxyl groups is 1. The van der Waals surface area contributed by atoms with Crippen LogP contribution in [0.5, 0.6) is 11.5 Å². The van der Waals surface area contributed by atoms with Gasteiger partial charge in [0.15, 0.2) is 11.5 Å². The van der Waals surface area contributed by atoms with Crippen LogP contribution >= 0.6 is 11.3 Å². The second-order valence-corrected chi connectivity index (χ2v) is 8.65. The van der Waals surface area contributed by atoms with Crippen molar-refractivity contribution in [3.05, 3.63) is 52.7 Å².